The molecule has 0 aliphatic carbocycles. The monoisotopic (exact) mass is 329 g/mol. The second-order valence-corrected chi connectivity index (χ2v) is 5.12. The molecule has 116 valence electrons. The summed E-state index contributed by atoms with van der Waals surface area (Å²) >= 11 is 6.07. The van der Waals surface area contributed by atoms with Crippen molar-refractivity contribution in [2.24, 2.45) is 0 Å². The Balaban J connectivity index is 2.55. The van der Waals surface area contributed by atoms with Gasteiger partial charge < -0.3 is 10.6 Å². The lowest BCUT2D eigenvalue weighted by Gasteiger charge is -2.23. The molecule has 6 heteroatoms. The number of hydrogen-bond donors (Lipinski definition) is 1. The zero-order valence-electron chi connectivity index (χ0n) is 12.1. The van der Waals surface area contributed by atoms with Crippen molar-refractivity contribution >= 4 is 28.9 Å². The van der Waals surface area contributed by atoms with E-state index >= 15 is 0 Å². The average molecular weight is 330 g/mol. The van der Waals surface area contributed by atoms with Crippen molar-refractivity contribution in [3.05, 3.63) is 71.0 Å². The van der Waals surface area contributed by atoms with Gasteiger partial charge in [0, 0.05) is 12.2 Å². The van der Waals surface area contributed by atoms with Gasteiger partial charge in [-0.3, -0.25) is 4.79 Å². The Morgan fingerprint density at radius 1 is 1.39 bits per heavy atom. The minimum atomic E-state index is -0.557. The highest BCUT2D eigenvalue weighted by Crippen LogP contribution is 2.26. The first-order valence-electron chi connectivity index (χ1n) is 6.65. The molecule has 0 aliphatic heterocycles. The quantitative estimate of drug-likeness (QED) is 0.685. The molecule has 0 bridgehead atoms. The van der Waals surface area contributed by atoms with Crippen LogP contribution in [-0.2, 0) is 0 Å². The van der Waals surface area contributed by atoms with Gasteiger partial charge in [-0.25, -0.2) is 4.39 Å². The first-order chi connectivity index (χ1) is 11.0. The molecule has 0 atom stereocenters. The van der Waals surface area contributed by atoms with Crippen LogP contribution in [0.15, 0.2) is 49.1 Å². The minimum absolute atomic E-state index is 0.0419. The van der Waals surface area contributed by atoms with Crippen LogP contribution in [-0.4, -0.2) is 12.5 Å². The van der Waals surface area contributed by atoms with Crippen molar-refractivity contribution in [1.29, 1.82) is 5.26 Å². The summed E-state index contributed by atoms with van der Waals surface area (Å²) in [6.45, 7) is 3.74. The molecule has 23 heavy (non-hydrogen) atoms. The van der Waals surface area contributed by atoms with Gasteiger partial charge in [-0.1, -0.05) is 17.7 Å². The molecule has 4 nitrogen and oxygen atoms in total. The summed E-state index contributed by atoms with van der Waals surface area (Å²) in [5, 5.41) is 9.42. The van der Waals surface area contributed by atoms with Crippen molar-refractivity contribution in [2.75, 3.05) is 17.2 Å². The summed E-state index contributed by atoms with van der Waals surface area (Å²) in [7, 11) is 0. The van der Waals surface area contributed by atoms with Crippen molar-refractivity contribution in [2.45, 2.75) is 0 Å². The van der Waals surface area contributed by atoms with Crippen LogP contribution >= 0.6 is 11.6 Å². The number of benzene rings is 2. The Morgan fingerprint density at radius 2 is 2.13 bits per heavy atom. The first kappa shape index (κ1) is 16.5. The SMILES string of the molecule is C=CCN(C(=O)c1cc(N)ccc1Cl)c1ccc(F)cc1C#N. The summed E-state index contributed by atoms with van der Waals surface area (Å²) in [4.78, 5) is 14.1. The van der Waals surface area contributed by atoms with Gasteiger partial charge in [0.15, 0.2) is 0 Å². The van der Waals surface area contributed by atoms with Gasteiger partial charge >= 0.3 is 0 Å². The van der Waals surface area contributed by atoms with E-state index in [1.165, 1.54) is 35.2 Å². The van der Waals surface area contributed by atoms with Crippen LogP contribution in [0.4, 0.5) is 15.8 Å². The fraction of sp³-hybridized carbons (Fsp3) is 0.0588. The zero-order valence-corrected chi connectivity index (χ0v) is 12.8. The molecular formula is C17H13ClFN3O. The van der Waals surface area contributed by atoms with E-state index in [4.69, 9.17) is 17.3 Å². The smallest absolute Gasteiger partial charge is 0.260 e. The topological polar surface area (TPSA) is 70.1 Å². The van der Waals surface area contributed by atoms with Crippen LogP contribution < -0.4 is 10.6 Å². The van der Waals surface area contributed by atoms with Crippen LogP contribution in [0.2, 0.25) is 5.02 Å². The average Bonchev–Trinajstić information content (AvgIpc) is 2.54. The van der Waals surface area contributed by atoms with E-state index < -0.39 is 11.7 Å². The first-order valence-corrected chi connectivity index (χ1v) is 7.03. The Kier molecular flexibility index (Phi) is 4.99. The summed E-state index contributed by atoms with van der Waals surface area (Å²) in [6.07, 6.45) is 1.50. The third-order valence-electron chi connectivity index (χ3n) is 3.15. The van der Waals surface area contributed by atoms with Gasteiger partial charge in [0.25, 0.3) is 5.91 Å². The number of hydrogen-bond acceptors (Lipinski definition) is 3. The van der Waals surface area contributed by atoms with E-state index in [-0.39, 0.29) is 28.4 Å². The highest BCUT2D eigenvalue weighted by Gasteiger charge is 2.22. The molecule has 0 radical (unpaired) electrons. The normalized spacial score (nSPS) is 9.96. The maximum atomic E-state index is 13.3. The van der Waals surface area contributed by atoms with Crippen LogP contribution in [0.3, 0.4) is 0 Å². The number of amides is 1. The van der Waals surface area contributed by atoms with Crippen molar-refractivity contribution < 1.29 is 9.18 Å². The number of halogens is 2. The fourth-order valence-corrected chi connectivity index (χ4v) is 2.30. The van der Waals surface area contributed by atoms with E-state index in [1.54, 1.807) is 6.07 Å². The van der Waals surface area contributed by atoms with Crippen LogP contribution in [0.1, 0.15) is 15.9 Å². The molecule has 1 amide bonds. The lowest BCUT2D eigenvalue weighted by molar-refractivity contribution is 0.0990. The predicted molar refractivity (Wildman–Crippen MR) is 88.9 cm³/mol. The number of nitrogen functional groups attached to an aromatic ring is 1. The number of anilines is 2. The van der Waals surface area contributed by atoms with E-state index in [0.29, 0.717) is 5.69 Å². The second kappa shape index (κ2) is 6.95. The molecule has 0 fully saturated rings. The fourth-order valence-electron chi connectivity index (χ4n) is 2.11. The van der Waals surface area contributed by atoms with Gasteiger partial charge in [-0.15, -0.1) is 6.58 Å². The Hall–Kier alpha value is -2.84. The summed E-state index contributed by atoms with van der Waals surface area (Å²) in [5.74, 6) is -1.01. The van der Waals surface area contributed by atoms with Crippen molar-refractivity contribution in [3.63, 3.8) is 0 Å². The molecule has 0 saturated heterocycles. The van der Waals surface area contributed by atoms with E-state index in [9.17, 15) is 14.4 Å². The summed E-state index contributed by atoms with van der Waals surface area (Å²) in [6, 6.07) is 10.1. The molecule has 2 aromatic rings. The van der Waals surface area contributed by atoms with Crippen LogP contribution in [0, 0.1) is 17.1 Å². The molecule has 2 rings (SSSR count). The highest BCUT2D eigenvalue weighted by molar-refractivity contribution is 6.34. The van der Waals surface area contributed by atoms with Gasteiger partial charge in [0.05, 0.1) is 21.8 Å². The number of nitrogens with zero attached hydrogens (tertiary/aromatic N) is 2. The molecule has 0 spiro atoms. The van der Waals surface area contributed by atoms with Gasteiger partial charge in [-0.2, -0.15) is 5.26 Å². The molecular weight excluding hydrogens is 317 g/mol. The largest absolute Gasteiger partial charge is 0.399 e. The summed E-state index contributed by atoms with van der Waals surface area (Å²) in [5.41, 5.74) is 6.60. The Bertz CT molecular complexity index is 814. The number of carbonyl (C=O) groups is 1. The Labute approximate surface area is 138 Å². The van der Waals surface area contributed by atoms with Crippen molar-refractivity contribution in [3.8, 4) is 6.07 Å². The molecule has 0 unspecified atom stereocenters. The molecule has 2 aromatic carbocycles. The van der Waals surface area contributed by atoms with E-state index in [1.807, 2.05) is 6.07 Å². The summed E-state index contributed by atoms with van der Waals surface area (Å²) < 4.78 is 13.3. The zero-order chi connectivity index (χ0) is 17.0. The van der Waals surface area contributed by atoms with E-state index in [0.717, 1.165) is 6.07 Å². The highest BCUT2D eigenvalue weighted by atomic mass is 35.5. The molecule has 0 saturated carbocycles. The standard InChI is InChI=1S/C17H13ClFN3O/c1-2-7-22(16-6-3-12(19)8-11(16)10-20)17(23)14-9-13(21)4-5-15(14)18/h2-6,8-9H,1,7,21H2. The molecule has 0 heterocycles. The van der Waals surface area contributed by atoms with Crippen LogP contribution in [0.5, 0.6) is 0 Å². The number of nitrogens with two attached hydrogens (primary N) is 1. The maximum absolute atomic E-state index is 13.3. The van der Waals surface area contributed by atoms with Crippen LogP contribution in [0.25, 0.3) is 0 Å². The predicted octanol–water partition coefficient (Wildman–Crippen LogP) is 3.77. The van der Waals surface area contributed by atoms with Crippen molar-refractivity contribution in [1.82, 2.24) is 0 Å². The van der Waals surface area contributed by atoms with E-state index in [2.05, 4.69) is 6.58 Å². The lowest BCUT2D eigenvalue weighted by Crippen LogP contribution is -2.32. The van der Waals surface area contributed by atoms with Gasteiger partial charge in [0.1, 0.15) is 11.9 Å². The molecule has 2 N–H and O–H groups in total. The molecule has 0 aliphatic rings. The number of rotatable bonds is 4. The number of carbonyl (C=O) groups excluding carboxylic acids is 1. The lowest BCUT2D eigenvalue weighted by atomic mass is 10.1. The Morgan fingerprint density at radius 3 is 2.78 bits per heavy atom. The second-order valence-electron chi connectivity index (χ2n) is 4.72. The third-order valence-corrected chi connectivity index (χ3v) is 3.48. The minimum Gasteiger partial charge on any atom is -0.399 e. The maximum Gasteiger partial charge on any atom is 0.260 e. The number of nitriles is 1. The molecule has 0 aromatic heterocycles. The third kappa shape index (κ3) is 3.50. The van der Waals surface area contributed by atoms with Gasteiger partial charge in [0.2, 0.25) is 0 Å². The van der Waals surface area contributed by atoms with Gasteiger partial charge in [-0.05, 0) is 36.4 Å².